The first kappa shape index (κ1) is 14.0. The lowest BCUT2D eigenvalue weighted by Gasteiger charge is -2.06. The Bertz CT molecular complexity index is 553. The summed E-state index contributed by atoms with van der Waals surface area (Å²) in [6.45, 7) is 0.782. The molecule has 0 saturated heterocycles. The van der Waals surface area contributed by atoms with Crippen LogP contribution >= 0.6 is 23.2 Å². The summed E-state index contributed by atoms with van der Waals surface area (Å²) in [7, 11) is 0. The van der Waals surface area contributed by atoms with E-state index < -0.39 is 5.82 Å². The minimum Gasteiger partial charge on any atom is -0.394 e. The van der Waals surface area contributed by atoms with Gasteiger partial charge in [-0.1, -0.05) is 28.4 Å². The van der Waals surface area contributed by atoms with Crippen LogP contribution in [0, 0.1) is 5.82 Å². The van der Waals surface area contributed by atoms with Crippen molar-refractivity contribution in [3.63, 3.8) is 0 Å². The Morgan fingerprint density at radius 2 is 2.00 bits per heavy atom. The van der Waals surface area contributed by atoms with Crippen LogP contribution in [-0.4, -0.2) is 26.7 Å². The Labute approximate surface area is 118 Å². The van der Waals surface area contributed by atoms with E-state index in [4.69, 9.17) is 28.3 Å². The maximum absolute atomic E-state index is 13.2. The Morgan fingerprint density at radius 3 is 2.63 bits per heavy atom. The molecule has 0 atom stereocenters. The van der Waals surface area contributed by atoms with Crippen molar-refractivity contribution < 1.29 is 9.50 Å². The lowest BCUT2D eigenvalue weighted by atomic mass is 10.3. The van der Waals surface area contributed by atoms with Crippen LogP contribution in [0.3, 0.4) is 0 Å². The van der Waals surface area contributed by atoms with Gasteiger partial charge in [-0.2, -0.15) is 0 Å². The third-order valence-corrected chi connectivity index (χ3v) is 2.92. The van der Waals surface area contributed by atoms with Gasteiger partial charge in [0.15, 0.2) is 5.82 Å². The van der Waals surface area contributed by atoms with E-state index in [0.717, 1.165) is 0 Å². The number of nitrogens with zero attached hydrogens (tertiary/aromatic N) is 3. The van der Waals surface area contributed by atoms with Crippen molar-refractivity contribution in [2.45, 2.75) is 13.1 Å². The molecule has 2 aromatic rings. The van der Waals surface area contributed by atoms with Gasteiger partial charge >= 0.3 is 0 Å². The van der Waals surface area contributed by atoms with Crippen molar-refractivity contribution in [1.29, 1.82) is 0 Å². The first-order chi connectivity index (χ1) is 9.10. The van der Waals surface area contributed by atoms with E-state index in [1.54, 1.807) is 6.20 Å². The number of nitrogens with one attached hydrogen (secondary N) is 1. The highest BCUT2D eigenvalue weighted by Gasteiger charge is 2.08. The molecule has 19 heavy (non-hydrogen) atoms. The monoisotopic (exact) mass is 304 g/mol. The number of anilines is 1. The second kappa shape index (κ2) is 6.18. The van der Waals surface area contributed by atoms with Gasteiger partial charge in [-0.3, -0.25) is 0 Å². The van der Waals surface area contributed by atoms with Crippen molar-refractivity contribution in [1.82, 2.24) is 15.0 Å². The summed E-state index contributed by atoms with van der Waals surface area (Å²) in [5.74, 6) is -0.636. The van der Waals surface area contributed by atoms with Gasteiger partial charge in [-0.05, 0) is 12.1 Å². The van der Waals surface area contributed by atoms with Crippen LogP contribution in [0.15, 0.2) is 18.3 Å². The predicted octanol–water partition coefficient (Wildman–Crippen LogP) is 2.33. The highest BCUT2D eigenvalue weighted by molar-refractivity contribution is 6.35. The molecule has 0 aliphatic rings. The molecule has 1 aromatic heterocycles. The summed E-state index contributed by atoms with van der Waals surface area (Å²) in [5.41, 5.74) is 1.28. The topological polar surface area (TPSA) is 63.0 Å². The molecule has 1 heterocycles. The van der Waals surface area contributed by atoms with Crippen LogP contribution in [-0.2, 0) is 13.1 Å². The molecule has 0 bridgehead atoms. The number of aliphatic hydroxyl groups excluding tert-OH is 1. The van der Waals surface area contributed by atoms with Gasteiger partial charge in [0.2, 0.25) is 0 Å². The number of aromatic nitrogens is 3. The number of aliphatic hydroxyl groups is 1. The zero-order valence-electron chi connectivity index (χ0n) is 9.78. The highest BCUT2D eigenvalue weighted by Crippen LogP contribution is 2.27. The molecule has 2 N–H and O–H groups in total. The smallest absolute Gasteiger partial charge is 0.160 e. The zero-order chi connectivity index (χ0) is 13.8. The van der Waals surface area contributed by atoms with Crippen molar-refractivity contribution in [2.24, 2.45) is 0 Å². The molecule has 8 heteroatoms. The maximum Gasteiger partial charge on any atom is 0.160 e. The Balaban J connectivity index is 2.01. The standard InChI is InChI=1S/C11H11Cl2FN4O/c12-9-3-7(4-10(13)11(9)14)15-5-8-6-18(1-2-19)17-16-8/h3-4,6,15,19H,1-2,5H2. The number of benzene rings is 1. The fraction of sp³-hybridized carbons (Fsp3) is 0.273. The van der Waals surface area contributed by atoms with Crippen LogP contribution < -0.4 is 5.32 Å². The average molecular weight is 305 g/mol. The summed E-state index contributed by atoms with van der Waals surface area (Å²) < 4.78 is 14.8. The van der Waals surface area contributed by atoms with E-state index >= 15 is 0 Å². The quantitative estimate of drug-likeness (QED) is 0.832. The summed E-state index contributed by atoms with van der Waals surface area (Å²) in [6, 6.07) is 2.89. The Hall–Kier alpha value is -1.37. The van der Waals surface area contributed by atoms with E-state index in [1.807, 2.05) is 0 Å². The third kappa shape index (κ3) is 3.56. The molecule has 0 radical (unpaired) electrons. The summed E-state index contributed by atoms with van der Waals surface area (Å²) in [4.78, 5) is 0. The number of rotatable bonds is 5. The lowest BCUT2D eigenvalue weighted by molar-refractivity contribution is 0.268. The van der Waals surface area contributed by atoms with E-state index in [1.165, 1.54) is 16.8 Å². The molecule has 0 fully saturated rings. The van der Waals surface area contributed by atoms with Crippen molar-refractivity contribution in [3.8, 4) is 0 Å². The van der Waals surface area contributed by atoms with Gasteiger partial charge in [-0.25, -0.2) is 9.07 Å². The number of halogens is 3. The summed E-state index contributed by atoms with van der Waals surface area (Å²) in [5, 5.41) is 19.4. The molecule has 1 aromatic carbocycles. The minimum absolute atomic E-state index is 0.000589. The average Bonchev–Trinajstić information content (AvgIpc) is 2.81. The Kier molecular flexibility index (Phi) is 4.57. The molecule has 0 spiro atoms. The fourth-order valence-electron chi connectivity index (χ4n) is 1.48. The van der Waals surface area contributed by atoms with Crippen LogP contribution in [0.2, 0.25) is 10.0 Å². The molecule has 0 aliphatic carbocycles. The van der Waals surface area contributed by atoms with E-state index in [-0.39, 0.29) is 16.7 Å². The van der Waals surface area contributed by atoms with Gasteiger partial charge in [0.25, 0.3) is 0 Å². The largest absolute Gasteiger partial charge is 0.394 e. The van der Waals surface area contributed by atoms with E-state index in [9.17, 15) is 4.39 Å². The van der Waals surface area contributed by atoms with Gasteiger partial charge in [0.1, 0.15) is 5.69 Å². The number of hydrogen-bond acceptors (Lipinski definition) is 4. The number of hydrogen-bond donors (Lipinski definition) is 2. The van der Waals surface area contributed by atoms with Crippen LogP contribution in [0.4, 0.5) is 10.1 Å². The van der Waals surface area contributed by atoms with Crippen LogP contribution in [0.25, 0.3) is 0 Å². The molecular weight excluding hydrogens is 294 g/mol. The highest BCUT2D eigenvalue weighted by atomic mass is 35.5. The van der Waals surface area contributed by atoms with Gasteiger partial charge in [0.05, 0.1) is 35.9 Å². The normalized spacial score (nSPS) is 10.7. The lowest BCUT2D eigenvalue weighted by Crippen LogP contribution is -2.02. The Morgan fingerprint density at radius 1 is 1.32 bits per heavy atom. The van der Waals surface area contributed by atoms with E-state index in [2.05, 4.69) is 15.6 Å². The SMILES string of the molecule is OCCn1cc(CNc2cc(Cl)c(F)c(Cl)c2)nn1. The second-order valence-electron chi connectivity index (χ2n) is 3.80. The summed E-state index contributed by atoms with van der Waals surface area (Å²) >= 11 is 11.4. The first-order valence-corrected chi connectivity index (χ1v) is 6.24. The van der Waals surface area contributed by atoms with Crippen LogP contribution in [0.5, 0.6) is 0 Å². The molecule has 0 aliphatic heterocycles. The molecule has 2 rings (SSSR count). The molecular formula is C11H11Cl2FN4O. The molecule has 0 saturated carbocycles. The van der Waals surface area contributed by atoms with Crippen molar-refractivity contribution >= 4 is 28.9 Å². The second-order valence-corrected chi connectivity index (χ2v) is 4.62. The fourth-order valence-corrected chi connectivity index (χ4v) is 1.97. The summed E-state index contributed by atoms with van der Waals surface area (Å²) in [6.07, 6.45) is 1.70. The zero-order valence-corrected chi connectivity index (χ0v) is 11.3. The van der Waals surface area contributed by atoms with Gasteiger partial charge in [-0.15, -0.1) is 5.10 Å². The first-order valence-electron chi connectivity index (χ1n) is 5.48. The third-order valence-electron chi connectivity index (χ3n) is 2.37. The van der Waals surface area contributed by atoms with Gasteiger partial charge in [0, 0.05) is 5.69 Å². The maximum atomic E-state index is 13.2. The van der Waals surface area contributed by atoms with Crippen LogP contribution in [0.1, 0.15) is 5.69 Å². The predicted molar refractivity (Wildman–Crippen MR) is 70.9 cm³/mol. The van der Waals surface area contributed by atoms with E-state index in [0.29, 0.717) is 24.5 Å². The van der Waals surface area contributed by atoms with Gasteiger partial charge < -0.3 is 10.4 Å². The van der Waals surface area contributed by atoms with Crippen molar-refractivity contribution in [3.05, 3.63) is 39.9 Å². The molecule has 5 nitrogen and oxygen atoms in total. The molecule has 102 valence electrons. The van der Waals surface area contributed by atoms with Crippen molar-refractivity contribution in [2.75, 3.05) is 11.9 Å². The molecule has 0 unspecified atom stereocenters. The minimum atomic E-state index is -0.636. The molecule has 0 amide bonds.